The van der Waals surface area contributed by atoms with Crippen LogP contribution in [0.15, 0.2) is 48.5 Å². The summed E-state index contributed by atoms with van der Waals surface area (Å²) in [6.07, 6.45) is -0.595. The number of rotatable bonds is 2. The minimum Gasteiger partial charge on any atom is -0.474 e. The number of carbonyl (C=O) groups excluding carboxylic acids is 1. The average molecular weight is 309 g/mol. The molecule has 0 aromatic heterocycles. The van der Waals surface area contributed by atoms with Crippen LogP contribution in [0.4, 0.5) is 11.4 Å². The number of benzene rings is 2. The van der Waals surface area contributed by atoms with Crippen LogP contribution in [0.3, 0.4) is 0 Å². The summed E-state index contributed by atoms with van der Waals surface area (Å²) in [6, 6.07) is 15.5. The number of ether oxygens (including phenoxy) is 1. The van der Waals surface area contributed by atoms with Gasteiger partial charge in [-0.1, -0.05) is 36.4 Å². The third-order valence-corrected chi connectivity index (χ3v) is 4.30. The van der Waals surface area contributed by atoms with Gasteiger partial charge < -0.3 is 20.3 Å². The van der Waals surface area contributed by atoms with Crippen molar-refractivity contribution in [3.8, 4) is 5.75 Å². The van der Waals surface area contributed by atoms with Crippen LogP contribution in [0.2, 0.25) is 0 Å². The molecule has 0 bridgehead atoms. The van der Waals surface area contributed by atoms with E-state index in [1.165, 1.54) is 0 Å². The molecule has 0 spiro atoms. The Morgan fingerprint density at radius 3 is 2.57 bits per heavy atom. The Hall–Kier alpha value is -2.53. The Kier molecular flexibility index (Phi) is 3.63. The van der Waals surface area contributed by atoms with E-state index in [0.29, 0.717) is 0 Å². The molecule has 2 aliphatic heterocycles. The average Bonchev–Trinajstić information content (AvgIpc) is 2.62. The second kappa shape index (κ2) is 5.93. The van der Waals surface area contributed by atoms with E-state index in [1.807, 2.05) is 48.5 Å². The van der Waals surface area contributed by atoms with Gasteiger partial charge in [0.05, 0.1) is 5.69 Å². The highest BCUT2D eigenvalue weighted by Gasteiger charge is 2.31. The number of carbonyl (C=O) groups is 1. The molecule has 1 atom stereocenters. The topological polar surface area (TPSA) is 53.6 Å². The Morgan fingerprint density at radius 2 is 1.78 bits per heavy atom. The number of amides is 1. The van der Waals surface area contributed by atoms with Crippen LogP contribution >= 0.6 is 0 Å². The number of para-hydroxylation sites is 1. The molecule has 0 aliphatic carbocycles. The zero-order chi connectivity index (χ0) is 15.6. The van der Waals surface area contributed by atoms with Crippen LogP contribution in [0.5, 0.6) is 5.75 Å². The first-order valence-electron chi connectivity index (χ1n) is 7.94. The van der Waals surface area contributed by atoms with E-state index in [0.717, 1.165) is 48.9 Å². The molecule has 2 aromatic carbocycles. The molecular weight excluding hydrogens is 290 g/mol. The maximum Gasteiger partial charge on any atom is 0.270 e. The number of anilines is 2. The quantitative estimate of drug-likeness (QED) is 0.893. The fourth-order valence-electron chi connectivity index (χ4n) is 3.13. The fraction of sp³-hybridized carbons (Fsp3) is 0.278. The van der Waals surface area contributed by atoms with Crippen molar-refractivity contribution in [3.63, 3.8) is 0 Å². The largest absolute Gasteiger partial charge is 0.474 e. The molecule has 0 saturated carbocycles. The van der Waals surface area contributed by atoms with Crippen molar-refractivity contribution in [1.29, 1.82) is 0 Å². The predicted molar refractivity (Wildman–Crippen MR) is 90.0 cm³/mol. The van der Waals surface area contributed by atoms with E-state index in [9.17, 15) is 4.79 Å². The summed E-state index contributed by atoms with van der Waals surface area (Å²) in [4.78, 5) is 14.8. The van der Waals surface area contributed by atoms with Gasteiger partial charge >= 0.3 is 0 Å². The molecule has 1 saturated heterocycles. The van der Waals surface area contributed by atoms with Crippen molar-refractivity contribution < 1.29 is 9.53 Å². The second-order valence-corrected chi connectivity index (χ2v) is 5.79. The first-order chi connectivity index (χ1) is 11.3. The number of hydrogen-bond acceptors (Lipinski definition) is 4. The van der Waals surface area contributed by atoms with Gasteiger partial charge in [0.2, 0.25) is 6.10 Å². The number of nitrogens with zero attached hydrogens (tertiary/aromatic N) is 1. The highest BCUT2D eigenvalue weighted by molar-refractivity contribution is 6.01. The highest BCUT2D eigenvalue weighted by atomic mass is 16.5. The summed E-state index contributed by atoms with van der Waals surface area (Å²) < 4.78 is 6.01. The molecule has 1 unspecified atom stereocenters. The van der Waals surface area contributed by atoms with Gasteiger partial charge in [0.1, 0.15) is 11.4 Å². The molecule has 4 rings (SSSR count). The number of nitrogens with one attached hydrogen (secondary N) is 2. The third kappa shape index (κ3) is 2.64. The molecule has 5 heteroatoms. The van der Waals surface area contributed by atoms with Crippen molar-refractivity contribution in [1.82, 2.24) is 5.32 Å². The van der Waals surface area contributed by atoms with Gasteiger partial charge in [-0.25, -0.2) is 0 Å². The van der Waals surface area contributed by atoms with E-state index in [1.54, 1.807) is 0 Å². The maximum absolute atomic E-state index is 12.5. The van der Waals surface area contributed by atoms with Crippen LogP contribution in [0.1, 0.15) is 11.7 Å². The van der Waals surface area contributed by atoms with E-state index in [2.05, 4.69) is 15.5 Å². The monoisotopic (exact) mass is 309 g/mol. The van der Waals surface area contributed by atoms with Gasteiger partial charge in [-0.05, 0) is 12.1 Å². The molecule has 2 aromatic rings. The second-order valence-electron chi connectivity index (χ2n) is 5.79. The Morgan fingerprint density at radius 1 is 1.00 bits per heavy atom. The maximum atomic E-state index is 12.5. The van der Waals surface area contributed by atoms with Crippen molar-refractivity contribution in [2.24, 2.45) is 0 Å². The minimum atomic E-state index is -0.595. The Bertz CT molecular complexity index is 711. The lowest BCUT2D eigenvalue weighted by Crippen LogP contribution is -2.44. The number of hydrogen-bond donors (Lipinski definition) is 2. The first-order valence-corrected chi connectivity index (χ1v) is 7.94. The summed E-state index contributed by atoms with van der Waals surface area (Å²) in [5.74, 6) is 0.612. The van der Waals surface area contributed by atoms with E-state index < -0.39 is 6.10 Å². The molecule has 1 amide bonds. The molecule has 1 fully saturated rings. The van der Waals surface area contributed by atoms with Gasteiger partial charge in [0.15, 0.2) is 0 Å². The van der Waals surface area contributed by atoms with Gasteiger partial charge in [-0.15, -0.1) is 0 Å². The normalized spacial score (nSPS) is 20.4. The lowest BCUT2D eigenvalue weighted by Gasteiger charge is -2.34. The Balaban J connectivity index is 1.67. The van der Waals surface area contributed by atoms with Gasteiger partial charge in [-0.2, -0.15) is 0 Å². The van der Waals surface area contributed by atoms with Crippen molar-refractivity contribution >= 4 is 17.3 Å². The molecule has 23 heavy (non-hydrogen) atoms. The van der Waals surface area contributed by atoms with Crippen LogP contribution in [0, 0.1) is 0 Å². The fourth-order valence-corrected chi connectivity index (χ4v) is 3.13. The van der Waals surface area contributed by atoms with Crippen LogP contribution < -0.4 is 20.3 Å². The summed E-state index contributed by atoms with van der Waals surface area (Å²) in [6.45, 7) is 3.75. The summed E-state index contributed by atoms with van der Waals surface area (Å²) in [7, 11) is 0. The van der Waals surface area contributed by atoms with Gasteiger partial charge in [0, 0.05) is 31.7 Å². The lowest BCUT2D eigenvalue weighted by molar-refractivity contribution is -0.123. The van der Waals surface area contributed by atoms with Crippen LogP contribution in [-0.2, 0) is 4.79 Å². The van der Waals surface area contributed by atoms with E-state index in [4.69, 9.17) is 4.74 Å². The zero-order valence-electron chi connectivity index (χ0n) is 12.8. The van der Waals surface area contributed by atoms with Crippen molar-refractivity contribution in [2.75, 3.05) is 36.4 Å². The van der Waals surface area contributed by atoms with Gasteiger partial charge in [0.25, 0.3) is 5.91 Å². The third-order valence-electron chi connectivity index (χ3n) is 4.30. The number of piperazine rings is 1. The molecule has 118 valence electrons. The summed E-state index contributed by atoms with van der Waals surface area (Å²) in [5, 5.41) is 6.39. The number of fused-ring (bicyclic) bond motifs is 1. The van der Waals surface area contributed by atoms with Gasteiger partial charge in [-0.3, -0.25) is 4.79 Å². The Labute approximate surface area is 135 Å². The highest BCUT2D eigenvalue weighted by Crippen LogP contribution is 2.41. The van der Waals surface area contributed by atoms with E-state index >= 15 is 0 Å². The van der Waals surface area contributed by atoms with Crippen molar-refractivity contribution in [3.05, 3.63) is 54.1 Å². The van der Waals surface area contributed by atoms with Crippen LogP contribution in [0.25, 0.3) is 0 Å². The predicted octanol–water partition coefficient (Wildman–Crippen LogP) is 2.17. The molecule has 2 heterocycles. The molecular formula is C18H19N3O2. The smallest absolute Gasteiger partial charge is 0.270 e. The molecule has 0 radical (unpaired) electrons. The molecule has 2 aliphatic rings. The standard InChI is InChI=1S/C18H19N3O2/c22-18-17(13-5-2-1-3-6-13)23-15-8-4-7-14(16(15)20-18)21-11-9-19-10-12-21/h1-8,17,19H,9-12H2,(H,20,22). The molecule has 2 N–H and O–H groups in total. The lowest BCUT2D eigenvalue weighted by atomic mass is 10.1. The zero-order valence-corrected chi connectivity index (χ0v) is 12.8. The summed E-state index contributed by atoms with van der Waals surface area (Å²) >= 11 is 0. The minimum absolute atomic E-state index is 0.119. The van der Waals surface area contributed by atoms with Crippen LogP contribution in [-0.4, -0.2) is 32.1 Å². The van der Waals surface area contributed by atoms with Crippen molar-refractivity contribution in [2.45, 2.75) is 6.10 Å². The summed E-state index contributed by atoms with van der Waals surface area (Å²) in [5.41, 5.74) is 2.68. The SMILES string of the molecule is O=C1Nc2c(cccc2N2CCNCC2)OC1c1ccccc1. The molecule has 5 nitrogen and oxygen atoms in total. The first kappa shape index (κ1) is 14.1. The van der Waals surface area contributed by atoms with E-state index in [-0.39, 0.29) is 5.91 Å².